The van der Waals surface area contributed by atoms with E-state index in [1.165, 1.54) is 4.68 Å². The molecule has 0 aliphatic rings. The summed E-state index contributed by atoms with van der Waals surface area (Å²) in [7, 11) is 0. The summed E-state index contributed by atoms with van der Waals surface area (Å²) < 4.78 is 8.16. The molecule has 164 valence electrons. The zero-order valence-corrected chi connectivity index (χ0v) is 18.1. The Hall–Kier alpha value is -3.69. The minimum Gasteiger partial charge on any atom is -0.465 e. The molecular formula is C21H26N6O4. The first kappa shape index (κ1) is 22.0. The Bertz CT molecular complexity index is 1160. The van der Waals surface area contributed by atoms with Crippen LogP contribution >= 0.6 is 0 Å². The summed E-state index contributed by atoms with van der Waals surface area (Å²) in [4.78, 5) is 41.0. The van der Waals surface area contributed by atoms with Crippen molar-refractivity contribution in [3.05, 3.63) is 40.7 Å². The number of imidazole rings is 1. The number of anilines is 1. The van der Waals surface area contributed by atoms with Crippen molar-refractivity contribution >= 4 is 34.8 Å². The molecule has 0 radical (unpaired) electrons. The molecule has 1 aromatic carbocycles. The highest BCUT2D eigenvalue weighted by Gasteiger charge is 2.21. The highest BCUT2D eigenvalue weighted by molar-refractivity contribution is 6.04. The third-order valence-corrected chi connectivity index (χ3v) is 4.71. The molecule has 3 rings (SSSR count). The molecule has 3 aromatic rings. The number of benzene rings is 1. The number of aryl methyl sites for hydroxylation is 3. The normalized spacial score (nSPS) is 11.0. The van der Waals surface area contributed by atoms with E-state index in [0.29, 0.717) is 29.3 Å². The number of nitrogens with one attached hydrogen (secondary N) is 1. The van der Waals surface area contributed by atoms with Crippen LogP contribution in [0.1, 0.15) is 52.4 Å². The van der Waals surface area contributed by atoms with Gasteiger partial charge in [0.15, 0.2) is 0 Å². The zero-order chi connectivity index (χ0) is 22.7. The third kappa shape index (κ3) is 4.57. The Morgan fingerprint density at radius 2 is 1.90 bits per heavy atom. The Balaban J connectivity index is 1.99. The average molecular weight is 426 g/mol. The SMILES string of the molecule is CCCn1c(NC(=O)c2cc(C)nn2CC(=O)OCC)nc2cc(C(N)=O)cc(C)c21. The molecule has 3 N–H and O–H groups in total. The Kier molecular flexibility index (Phi) is 6.38. The van der Waals surface area contributed by atoms with Crippen LogP contribution in [0.25, 0.3) is 11.0 Å². The van der Waals surface area contributed by atoms with Crippen molar-refractivity contribution < 1.29 is 19.1 Å². The number of ether oxygens (including phenoxy) is 1. The van der Waals surface area contributed by atoms with Gasteiger partial charge in [0.1, 0.15) is 12.2 Å². The lowest BCUT2D eigenvalue weighted by atomic mass is 10.1. The minimum absolute atomic E-state index is 0.170. The highest BCUT2D eigenvalue weighted by Crippen LogP contribution is 2.25. The third-order valence-electron chi connectivity index (χ3n) is 4.71. The second-order valence-corrected chi connectivity index (χ2v) is 7.20. The Morgan fingerprint density at radius 3 is 2.55 bits per heavy atom. The molecule has 31 heavy (non-hydrogen) atoms. The summed E-state index contributed by atoms with van der Waals surface area (Å²) in [5, 5.41) is 7.04. The fraction of sp³-hybridized carbons (Fsp3) is 0.381. The van der Waals surface area contributed by atoms with Gasteiger partial charge < -0.3 is 15.0 Å². The van der Waals surface area contributed by atoms with Gasteiger partial charge in [-0.15, -0.1) is 0 Å². The van der Waals surface area contributed by atoms with Gasteiger partial charge in [0.25, 0.3) is 5.91 Å². The van der Waals surface area contributed by atoms with Crippen LogP contribution in [0.15, 0.2) is 18.2 Å². The first-order valence-electron chi connectivity index (χ1n) is 10.1. The summed E-state index contributed by atoms with van der Waals surface area (Å²) in [5.41, 5.74) is 8.80. The second-order valence-electron chi connectivity index (χ2n) is 7.20. The number of rotatable bonds is 8. The summed E-state index contributed by atoms with van der Waals surface area (Å²) in [6.07, 6.45) is 0.811. The van der Waals surface area contributed by atoms with Crippen molar-refractivity contribution in [1.82, 2.24) is 19.3 Å². The van der Waals surface area contributed by atoms with Crippen LogP contribution in [0.2, 0.25) is 0 Å². The molecule has 0 fully saturated rings. The van der Waals surface area contributed by atoms with Crippen LogP contribution in [-0.2, 0) is 22.6 Å². The molecular weight excluding hydrogens is 400 g/mol. The van der Waals surface area contributed by atoms with E-state index >= 15 is 0 Å². The summed E-state index contributed by atoms with van der Waals surface area (Å²) in [6.45, 7) is 8.02. The standard InChI is InChI=1S/C21H26N6O4/c1-5-7-26-18-12(3)8-14(19(22)29)10-15(18)23-21(26)24-20(30)16-9-13(4)25-27(16)11-17(28)31-6-2/h8-10H,5-7,11H2,1-4H3,(H2,22,29)(H,23,24,30). The van der Waals surface area contributed by atoms with Crippen LogP contribution in [-0.4, -0.2) is 43.7 Å². The van der Waals surface area contributed by atoms with Crippen molar-refractivity contribution in [1.29, 1.82) is 0 Å². The van der Waals surface area contributed by atoms with Crippen molar-refractivity contribution in [2.24, 2.45) is 5.73 Å². The number of esters is 1. The molecule has 2 heterocycles. The fourth-order valence-electron chi connectivity index (χ4n) is 3.50. The van der Waals surface area contributed by atoms with Crippen molar-refractivity contribution in [3.63, 3.8) is 0 Å². The highest BCUT2D eigenvalue weighted by atomic mass is 16.5. The molecule has 0 aliphatic heterocycles. The van der Waals surface area contributed by atoms with Gasteiger partial charge in [-0.1, -0.05) is 6.92 Å². The van der Waals surface area contributed by atoms with Crippen molar-refractivity contribution in [3.8, 4) is 0 Å². The van der Waals surface area contributed by atoms with Gasteiger partial charge in [-0.25, -0.2) is 9.67 Å². The first-order valence-corrected chi connectivity index (χ1v) is 10.1. The molecule has 2 amide bonds. The number of amides is 2. The lowest BCUT2D eigenvalue weighted by Gasteiger charge is -2.11. The van der Waals surface area contributed by atoms with E-state index in [2.05, 4.69) is 15.4 Å². The number of hydrogen-bond donors (Lipinski definition) is 2. The average Bonchev–Trinajstić information content (AvgIpc) is 3.22. The Labute approximate surface area is 179 Å². The largest absolute Gasteiger partial charge is 0.465 e. The maximum absolute atomic E-state index is 13.0. The van der Waals surface area contributed by atoms with E-state index in [4.69, 9.17) is 10.5 Å². The maximum atomic E-state index is 13.0. The fourth-order valence-corrected chi connectivity index (χ4v) is 3.50. The van der Waals surface area contributed by atoms with Gasteiger partial charge >= 0.3 is 5.97 Å². The topological polar surface area (TPSA) is 134 Å². The van der Waals surface area contributed by atoms with E-state index in [-0.39, 0.29) is 18.8 Å². The number of nitrogens with zero attached hydrogens (tertiary/aromatic N) is 4. The molecule has 0 aliphatic carbocycles. The number of fused-ring (bicyclic) bond motifs is 1. The van der Waals surface area contributed by atoms with Crippen molar-refractivity contribution in [2.45, 2.75) is 47.2 Å². The number of hydrogen-bond acceptors (Lipinski definition) is 6. The van der Waals surface area contributed by atoms with E-state index in [1.807, 2.05) is 18.4 Å². The summed E-state index contributed by atoms with van der Waals surface area (Å²) in [6, 6.07) is 4.92. The molecule has 0 saturated heterocycles. The predicted molar refractivity (Wildman–Crippen MR) is 115 cm³/mol. The smallest absolute Gasteiger partial charge is 0.327 e. The van der Waals surface area contributed by atoms with E-state index in [9.17, 15) is 14.4 Å². The number of primary amides is 1. The molecule has 0 bridgehead atoms. The van der Waals surface area contributed by atoms with Gasteiger partial charge in [0.2, 0.25) is 11.9 Å². The first-order chi connectivity index (χ1) is 14.7. The van der Waals surface area contributed by atoms with E-state index in [0.717, 1.165) is 17.5 Å². The Morgan fingerprint density at radius 1 is 1.16 bits per heavy atom. The predicted octanol–water partition coefficient (Wildman–Crippen LogP) is 2.17. The number of carbonyl (C=O) groups is 3. The van der Waals surface area contributed by atoms with Crippen LogP contribution in [0.3, 0.4) is 0 Å². The summed E-state index contributed by atoms with van der Waals surface area (Å²) in [5.74, 6) is -1.13. The number of nitrogens with two attached hydrogens (primary N) is 1. The molecule has 10 heteroatoms. The van der Waals surface area contributed by atoms with Crippen LogP contribution in [0.4, 0.5) is 5.95 Å². The lowest BCUT2D eigenvalue weighted by Crippen LogP contribution is -2.23. The minimum atomic E-state index is -0.543. The van der Waals surface area contributed by atoms with Crippen LogP contribution in [0.5, 0.6) is 0 Å². The van der Waals surface area contributed by atoms with E-state index in [1.54, 1.807) is 32.0 Å². The van der Waals surface area contributed by atoms with Gasteiger partial charge in [-0.2, -0.15) is 5.10 Å². The molecule has 10 nitrogen and oxygen atoms in total. The molecule has 0 atom stereocenters. The number of carbonyl (C=O) groups excluding carboxylic acids is 3. The van der Waals surface area contributed by atoms with E-state index < -0.39 is 17.8 Å². The van der Waals surface area contributed by atoms with Crippen LogP contribution < -0.4 is 11.1 Å². The molecule has 0 saturated carbocycles. The van der Waals surface area contributed by atoms with Crippen molar-refractivity contribution in [2.75, 3.05) is 11.9 Å². The lowest BCUT2D eigenvalue weighted by molar-refractivity contribution is -0.144. The maximum Gasteiger partial charge on any atom is 0.327 e. The van der Waals surface area contributed by atoms with Gasteiger partial charge in [0.05, 0.1) is 23.3 Å². The summed E-state index contributed by atoms with van der Waals surface area (Å²) >= 11 is 0. The molecule has 0 unspecified atom stereocenters. The van der Waals surface area contributed by atoms with Gasteiger partial charge in [0, 0.05) is 12.1 Å². The van der Waals surface area contributed by atoms with Crippen LogP contribution in [0, 0.1) is 13.8 Å². The quantitative estimate of drug-likeness (QED) is 0.530. The monoisotopic (exact) mass is 426 g/mol. The molecule has 2 aromatic heterocycles. The van der Waals surface area contributed by atoms with Gasteiger partial charge in [-0.05, 0) is 51.0 Å². The number of aromatic nitrogens is 4. The van der Waals surface area contributed by atoms with Gasteiger partial charge in [-0.3, -0.25) is 19.7 Å². The molecule has 0 spiro atoms. The zero-order valence-electron chi connectivity index (χ0n) is 18.1. The second kappa shape index (κ2) is 8.99.